The molecule has 1 aromatic heterocycles. The third-order valence-corrected chi connectivity index (χ3v) is 4.00. The molecular formula is C12H19ClN2O2S. The molecule has 0 aliphatic carbocycles. The van der Waals surface area contributed by atoms with Gasteiger partial charge in [0, 0.05) is 13.1 Å². The highest BCUT2D eigenvalue weighted by Gasteiger charge is 2.36. The van der Waals surface area contributed by atoms with Gasteiger partial charge in [-0.05, 0) is 42.3 Å². The number of hydrogen-bond donors (Lipinski definition) is 3. The number of aliphatic hydroxyl groups excluding tert-OH is 1. The quantitative estimate of drug-likeness (QED) is 0.784. The van der Waals surface area contributed by atoms with Crippen molar-refractivity contribution in [1.29, 1.82) is 0 Å². The molecule has 1 aromatic rings. The molecule has 2 atom stereocenters. The van der Waals surface area contributed by atoms with Crippen LogP contribution in [-0.2, 0) is 4.79 Å². The third kappa shape index (κ3) is 3.45. The summed E-state index contributed by atoms with van der Waals surface area (Å²) >= 11 is 1.54. The largest absolute Gasteiger partial charge is 0.387 e. The van der Waals surface area contributed by atoms with Crippen molar-refractivity contribution >= 4 is 29.7 Å². The number of carbonyl (C=O) groups excluding carboxylic acids is 1. The molecule has 3 N–H and O–H groups in total. The summed E-state index contributed by atoms with van der Waals surface area (Å²) in [6.45, 7) is 3.84. The van der Waals surface area contributed by atoms with Crippen LogP contribution >= 0.6 is 23.7 Å². The first-order valence-corrected chi connectivity index (χ1v) is 6.75. The molecule has 0 radical (unpaired) electrons. The minimum Gasteiger partial charge on any atom is -0.387 e. The van der Waals surface area contributed by atoms with Gasteiger partial charge in [-0.2, -0.15) is 11.3 Å². The van der Waals surface area contributed by atoms with E-state index in [-0.39, 0.29) is 30.3 Å². The zero-order valence-electron chi connectivity index (χ0n) is 10.3. The van der Waals surface area contributed by atoms with Crippen LogP contribution in [0.2, 0.25) is 0 Å². The van der Waals surface area contributed by atoms with E-state index in [1.165, 1.54) is 0 Å². The van der Waals surface area contributed by atoms with Crippen molar-refractivity contribution in [3.05, 3.63) is 22.4 Å². The summed E-state index contributed by atoms with van der Waals surface area (Å²) in [7, 11) is 0. The maximum absolute atomic E-state index is 12.0. The average molecular weight is 291 g/mol. The summed E-state index contributed by atoms with van der Waals surface area (Å²) in [4.78, 5) is 12.0. The zero-order chi connectivity index (χ0) is 12.3. The first-order chi connectivity index (χ1) is 8.12. The number of carbonyl (C=O) groups is 1. The normalized spacial score (nSPS) is 24.3. The molecule has 2 unspecified atom stereocenters. The van der Waals surface area contributed by atoms with Gasteiger partial charge in [0.15, 0.2) is 0 Å². The van der Waals surface area contributed by atoms with E-state index in [4.69, 9.17) is 0 Å². The van der Waals surface area contributed by atoms with Crippen LogP contribution in [0.3, 0.4) is 0 Å². The lowest BCUT2D eigenvalue weighted by Crippen LogP contribution is -2.41. The highest BCUT2D eigenvalue weighted by atomic mass is 35.5. The van der Waals surface area contributed by atoms with Crippen LogP contribution in [0.1, 0.15) is 25.0 Å². The van der Waals surface area contributed by atoms with Crippen LogP contribution in [0.4, 0.5) is 0 Å². The van der Waals surface area contributed by atoms with Crippen LogP contribution in [-0.4, -0.2) is 30.6 Å². The fraction of sp³-hybridized carbons (Fsp3) is 0.583. The van der Waals surface area contributed by atoms with Crippen molar-refractivity contribution in [2.24, 2.45) is 5.41 Å². The Labute approximate surface area is 117 Å². The first kappa shape index (κ1) is 15.4. The van der Waals surface area contributed by atoms with Crippen LogP contribution in [0.5, 0.6) is 0 Å². The molecule has 0 aromatic carbocycles. The van der Waals surface area contributed by atoms with Gasteiger partial charge in [0.2, 0.25) is 5.91 Å². The number of rotatable bonds is 4. The molecule has 1 amide bonds. The monoisotopic (exact) mass is 290 g/mol. The Bertz CT molecular complexity index is 377. The Hall–Kier alpha value is -0.620. The molecule has 2 rings (SSSR count). The van der Waals surface area contributed by atoms with Gasteiger partial charge in [-0.25, -0.2) is 0 Å². The maximum atomic E-state index is 12.0. The predicted octanol–water partition coefficient (Wildman–Crippen LogP) is 1.32. The number of thiophene rings is 1. The van der Waals surface area contributed by atoms with E-state index in [0.717, 1.165) is 18.5 Å². The molecule has 102 valence electrons. The van der Waals surface area contributed by atoms with Gasteiger partial charge in [0.1, 0.15) is 0 Å². The second-order valence-corrected chi connectivity index (χ2v) is 5.55. The minimum absolute atomic E-state index is 0. The van der Waals surface area contributed by atoms with Crippen LogP contribution in [0.15, 0.2) is 16.8 Å². The second-order valence-electron chi connectivity index (χ2n) is 4.77. The van der Waals surface area contributed by atoms with E-state index in [0.29, 0.717) is 6.54 Å². The Kier molecular flexibility index (Phi) is 5.59. The highest BCUT2D eigenvalue weighted by Crippen LogP contribution is 2.24. The number of aliphatic hydroxyl groups is 1. The standard InChI is InChI=1S/C12H18N2O2S.ClH/c1-12(3-4-13-8-12)11(16)14-6-10(15)9-2-5-17-7-9;/h2,5,7,10,13,15H,3-4,6,8H2,1H3,(H,14,16);1H. The number of hydrogen-bond acceptors (Lipinski definition) is 4. The van der Waals surface area contributed by atoms with Gasteiger partial charge in [-0.3, -0.25) is 4.79 Å². The highest BCUT2D eigenvalue weighted by molar-refractivity contribution is 7.07. The summed E-state index contributed by atoms with van der Waals surface area (Å²) in [6, 6.07) is 1.88. The molecule has 1 saturated heterocycles. The van der Waals surface area contributed by atoms with Gasteiger partial charge in [-0.1, -0.05) is 0 Å². The van der Waals surface area contributed by atoms with E-state index in [2.05, 4.69) is 10.6 Å². The zero-order valence-corrected chi connectivity index (χ0v) is 11.9. The molecular weight excluding hydrogens is 272 g/mol. The fourth-order valence-electron chi connectivity index (χ4n) is 2.00. The second kappa shape index (κ2) is 6.52. The molecule has 0 spiro atoms. The van der Waals surface area contributed by atoms with Crippen LogP contribution in [0, 0.1) is 5.41 Å². The van der Waals surface area contributed by atoms with E-state index in [1.807, 2.05) is 23.8 Å². The number of halogens is 1. The summed E-state index contributed by atoms with van der Waals surface area (Å²) in [5.41, 5.74) is 0.541. The smallest absolute Gasteiger partial charge is 0.227 e. The molecule has 18 heavy (non-hydrogen) atoms. The minimum atomic E-state index is -0.608. The van der Waals surface area contributed by atoms with Gasteiger partial charge >= 0.3 is 0 Å². The summed E-state index contributed by atoms with van der Waals surface area (Å²) in [6.07, 6.45) is 0.246. The Morgan fingerprint density at radius 2 is 2.50 bits per heavy atom. The molecule has 2 heterocycles. The van der Waals surface area contributed by atoms with Gasteiger partial charge in [0.05, 0.1) is 11.5 Å². The summed E-state index contributed by atoms with van der Waals surface area (Å²) in [5.74, 6) is 0.0248. The first-order valence-electron chi connectivity index (χ1n) is 5.81. The topological polar surface area (TPSA) is 61.4 Å². The lowest BCUT2D eigenvalue weighted by molar-refractivity contribution is -0.129. The van der Waals surface area contributed by atoms with Crippen molar-refractivity contribution in [1.82, 2.24) is 10.6 Å². The molecule has 1 aliphatic heterocycles. The molecule has 1 aliphatic rings. The van der Waals surface area contributed by atoms with Gasteiger partial charge in [0.25, 0.3) is 0 Å². The van der Waals surface area contributed by atoms with Crippen LogP contribution in [0.25, 0.3) is 0 Å². The predicted molar refractivity (Wildman–Crippen MR) is 75.1 cm³/mol. The number of amides is 1. The van der Waals surface area contributed by atoms with Gasteiger partial charge < -0.3 is 15.7 Å². The molecule has 4 nitrogen and oxygen atoms in total. The Morgan fingerprint density at radius 3 is 3.06 bits per heavy atom. The van der Waals surface area contributed by atoms with Crippen molar-refractivity contribution < 1.29 is 9.90 Å². The Morgan fingerprint density at radius 1 is 1.72 bits per heavy atom. The average Bonchev–Trinajstić information content (AvgIpc) is 2.96. The van der Waals surface area contributed by atoms with E-state index >= 15 is 0 Å². The number of nitrogens with one attached hydrogen (secondary N) is 2. The fourth-order valence-corrected chi connectivity index (χ4v) is 2.70. The maximum Gasteiger partial charge on any atom is 0.227 e. The van der Waals surface area contributed by atoms with E-state index in [9.17, 15) is 9.90 Å². The lowest BCUT2D eigenvalue weighted by Gasteiger charge is -2.22. The molecule has 6 heteroatoms. The van der Waals surface area contributed by atoms with E-state index < -0.39 is 6.10 Å². The van der Waals surface area contributed by atoms with Crippen molar-refractivity contribution in [3.63, 3.8) is 0 Å². The molecule has 0 saturated carbocycles. The summed E-state index contributed by atoms with van der Waals surface area (Å²) < 4.78 is 0. The van der Waals surface area contributed by atoms with Crippen LogP contribution < -0.4 is 10.6 Å². The SMILES string of the molecule is CC1(C(=O)NCC(O)c2ccsc2)CCNC1.Cl. The van der Waals surface area contributed by atoms with Crippen molar-refractivity contribution in [3.8, 4) is 0 Å². The molecule has 1 fully saturated rings. The Balaban J connectivity index is 0.00000162. The van der Waals surface area contributed by atoms with E-state index in [1.54, 1.807) is 11.3 Å². The van der Waals surface area contributed by atoms with Crippen molar-refractivity contribution in [2.75, 3.05) is 19.6 Å². The molecule has 0 bridgehead atoms. The lowest BCUT2D eigenvalue weighted by atomic mass is 9.89. The van der Waals surface area contributed by atoms with Gasteiger partial charge in [-0.15, -0.1) is 12.4 Å². The summed E-state index contributed by atoms with van der Waals surface area (Å²) in [5, 5.41) is 19.7. The van der Waals surface area contributed by atoms with Crippen molar-refractivity contribution in [2.45, 2.75) is 19.4 Å². The third-order valence-electron chi connectivity index (χ3n) is 3.30.